The van der Waals surface area contributed by atoms with Crippen molar-refractivity contribution in [2.24, 2.45) is 5.41 Å². The van der Waals surface area contributed by atoms with Gasteiger partial charge in [0.2, 0.25) is 5.78 Å². The number of ketones is 1. The van der Waals surface area contributed by atoms with Crippen LogP contribution in [0, 0.1) is 5.41 Å². The van der Waals surface area contributed by atoms with Crippen molar-refractivity contribution in [2.45, 2.75) is 25.7 Å². The van der Waals surface area contributed by atoms with Crippen LogP contribution in [-0.2, 0) is 9.59 Å². The predicted octanol–water partition coefficient (Wildman–Crippen LogP) is 0.246. The first-order chi connectivity index (χ1) is 5.25. The number of rotatable bonds is 0. The molecule has 2 aliphatic rings. The molecule has 1 spiro atoms. The lowest BCUT2D eigenvalue weighted by Gasteiger charge is -2.42. The lowest BCUT2D eigenvalue weighted by Crippen LogP contribution is -2.53. The Morgan fingerprint density at radius 1 is 1.18 bits per heavy atom. The Morgan fingerprint density at radius 3 is 2.36 bits per heavy atom. The third-order valence-electron chi connectivity index (χ3n) is 2.89. The zero-order valence-corrected chi connectivity index (χ0v) is 6.35. The van der Waals surface area contributed by atoms with Gasteiger partial charge in [-0.1, -0.05) is 6.42 Å². The molecule has 1 aliphatic carbocycles. The molecule has 2 rings (SSSR count). The number of hydrogen-bond donors (Lipinski definition) is 1. The topological polar surface area (TPSA) is 46.2 Å². The average molecular weight is 153 g/mol. The molecule has 1 saturated carbocycles. The van der Waals surface area contributed by atoms with Gasteiger partial charge >= 0.3 is 0 Å². The highest BCUT2D eigenvalue weighted by molar-refractivity contribution is 6.38. The first-order valence-electron chi connectivity index (χ1n) is 4.07. The predicted molar refractivity (Wildman–Crippen MR) is 38.9 cm³/mol. The summed E-state index contributed by atoms with van der Waals surface area (Å²) in [6.45, 7) is 0.685. The van der Waals surface area contributed by atoms with Crippen molar-refractivity contribution in [3.05, 3.63) is 0 Å². The number of carbonyl (C=O) groups excluding carboxylic acids is 2. The SMILES string of the molecule is O=C1NCCC2(CCC2)C1=O. The number of amides is 1. The minimum Gasteiger partial charge on any atom is -0.349 e. The summed E-state index contributed by atoms with van der Waals surface area (Å²) >= 11 is 0. The van der Waals surface area contributed by atoms with E-state index in [-0.39, 0.29) is 17.1 Å². The van der Waals surface area contributed by atoms with E-state index in [1.54, 1.807) is 0 Å². The second-order valence-electron chi connectivity index (χ2n) is 3.47. The van der Waals surface area contributed by atoms with Gasteiger partial charge in [-0.25, -0.2) is 0 Å². The molecular formula is C8H11NO2. The lowest BCUT2D eigenvalue weighted by atomic mass is 9.62. The van der Waals surface area contributed by atoms with Crippen LogP contribution in [0.3, 0.4) is 0 Å². The van der Waals surface area contributed by atoms with Crippen molar-refractivity contribution in [3.63, 3.8) is 0 Å². The first kappa shape index (κ1) is 6.83. The van der Waals surface area contributed by atoms with Gasteiger partial charge in [-0.15, -0.1) is 0 Å². The van der Waals surface area contributed by atoms with Crippen molar-refractivity contribution in [3.8, 4) is 0 Å². The van der Waals surface area contributed by atoms with Gasteiger partial charge in [0.15, 0.2) is 0 Å². The number of nitrogens with one attached hydrogen (secondary N) is 1. The van der Waals surface area contributed by atoms with Crippen LogP contribution in [-0.4, -0.2) is 18.2 Å². The maximum atomic E-state index is 11.3. The molecule has 0 bridgehead atoms. The second-order valence-corrected chi connectivity index (χ2v) is 3.47. The van der Waals surface area contributed by atoms with Gasteiger partial charge in [-0.05, 0) is 19.3 Å². The summed E-state index contributed by atoms with van der Waals surface area (Å²) in [5.41, 5.74) is -0.220. The summed E-state index contributed by atoms with van der Waals surface area (Å²) in [7, 11) is 0. The van der Waals surface area contributed by atoms with Crippen LogP contribution >= 0.6 is 0 Å². The van der Waals surface area contributed by atoms with E-state index in [1.807, 2.05) is 0 Å². The number of hydrogen-bond acceptors (Lipinski definition) is 2. The molecular weight excluding hydrogens is 142 g/mol. The summed E-state index contributed by atoms with van der Waals surface area (Å²) in [6.07, 6.45) is 3.83. The van der Waals surface area contributed by atoms with Gasteiger partial charge in [0.1, 0.15) is 0 Å². The van der Waals surface area contributed by atoms with Crippen LogP contribution < -0.4 is 5.32 Å². The van der Waals surface area contributed by atoms with E-state index in [0.29, 0.717) is 6.54 Å². The highest BCUT2D eigenvalue weighted by Crippen LogP contribution is 2.45. The summed E-state index contributed by atoms with van der Waals surface area (Å²) in [4.78, 5) is 22.3. The fraction of sp³-hybridized carbons (Fsp3) is 0.750. The molecule has 0 aromatic rings. The Balaban J connectivity index is 2.20. The van der Waals surface area contributed by atoms with E-state index < -0.39 is 0 Å². The van der Waals surface area contributed by atoms with Crippen LogP contribution in [0.2, 0.25) is 0 Å². The molecule has 0 aromatic carbocycles. The van der Waals surface area contributed by atoms with Crippen molar-refractivity contribution in [1.82, 2.24) is 5.32 Å². The van der Waals surface area contributed by atoms with Gasteiger partial charge in [0, 0.05) is 12.0 Å². The largest absolute Gasteiger partial charge is 0.349 e. The van der Waals surface area contributed by atoms with Crippen LogP contribution in [0.1, 0.15) is 25.7 Å². The number of piperidine rings is 1. The monoisotopic (exact) mass is 153 g/mol. The molecule has 1 N–H and O–H groups in total. The Morgan fingerprint density at radius 2 is 1.91 bits per heavy atom. The first-order valence-corrected chi connectivity index (χ1v) is 4.07. The van der Waals surface area contributed by atoms with Crippen LogP contribution in [0.4, 0.5) is 0 Å². The molecule has 0 radical (unpaired) electrons. The zero-order chi connectivity index (χ0) is 7.90. The molecule has 0 aromatic heterocycles. The van der Waals surface area contributed by atoms with Gasteiger partial charge in [0.25, 0.3) is 5.91 Å². The zero-order valence-electron chi connectivity index (χ0n) is 6.35. The van der Waals surface area contributed by atoms with Gasteiger partial charge in [-0.2, -0.15) is 0 Å². The molecule has 3 nitrogen and oxygen atoms in total. The van der Waals surface area contributed by atoms with Crippen LogP contribution in [0.15, 0.2) is 0 Å². The van der Waals surface area contributed by atoms with Crippen molar-refractivity contribution < 1.29 is 9.59 Å². The highest BCUT2D eigenvalue weighted by Gasteiger charge is 2.48. The maximum absolute atomic E-state index is 11.3. The Kier molecular flexibility index (Phi) is 1.28. The van der Waals surface area contributed by atoms with Crippen LogP contribution in [0.5, 0.6) is 0 Å². The molecule has 0 atom stereocenters. The van der Waals surface area contributed by atoms with Crippen molar-refractivity contribution in [2.75, 3.05) is 6.54 Å². The molecule has 1 heterocycles. The van der Waals surface area contributed by atoms with Gasteiger partial charge in [0.05, 0.1) is 0 Å². The standard InChI is InChI=1S/C8H11NO2/c10-6-7(11)9-5-4-8(6)2-1-3-8/h1-5H2,(H,9,11). The van der Waals surface area contributed by atoms with E-state index in [4.69, 9.17) is 0 Å². The van der Waals surface area contributed by atoms with Crippen LogP contribution in [0.25, 0.3) is 0 Å². The number of Topliss-reactive ketones (excluding diaryl/α,β-unsaturated/α-hetero) is 1. The quantitative estimate of drug-likeness (QED) is 0.507. The molecule has 0 unspecified atom stereocenters. The molecule has 11 heavy (non-hydrogen) atoms. The molecule has 1 aliphatic heterocycles. The fourth-order valence-corrected chi connectivity index (χ4v) is 1.93. The Labute approximate surface area is 65.2 Å². The third kappa shape index (κ3) is 0.800. The average Bonchev–Trinajstić information content (AvgIpc) is 1.91. The normalized spacial score (nSPS) is 28.0. The summed E-state index contributed by atoms with van der Waals surface area (Å²) < 4.78 is 0. The van der Waals surface area contributed by atoms with E-state index >= 15 is 0 Å². The summed E-state index contributed by atoms with van der Waals surface area (Å²) in [5.74, 6) is -0.536. The fourth-order valence-electron chi connectivity index (χ4n) is 1.93. The smallest absolute Gasteiger partial charge is 0.287 e. The van der Waals surface area contributed by atoms with Crippen molar-refractivity contribution in [1.29, 1.82) is 0 Å². The van der Waals surface area contributed by atoms with Gasteiger partial charge in [-0.3, -0.25) is 9.59 Å². The van der Waals surface area contributed by atoms with E-state index in [1.165, 1.54) is 0 Å². The van der Waals surface area contributed by atoms with Crippen molar-refractivity contribution >= 4 is 11.7 Å². The second kappa shape index (κ2) is 2.06. The maximum Gasteiger partial charge on any atom is 0.287 e. The Bertz CT molecular complexity index is 218. The molecule has 2 fully saturated rings. The number of carbonyl (C=O) groups is 2. The third-order valence-corrected chi connectivity index (χ3v) is 2.89. The lowest BCUT2D eigenvalue weighted by molar-refractivity contribution is -0.150. The molecule has 1 saturated heterocycles. The molecule has 3 heteroatoms. The van der Waals surface area contributed by atoms with E-state index in [9.17, 15) is 9.59 Å². The van der Waals surface area contributed by atoms with Gasteiger partial charge < -0.3 is 5.32 Å². The molecule has 60 valence electrons. The van der Waals surface area contributed by atoms with E-state index in [2.05, 4.69) is 5.32 Å². The minimum absolute atomic E-state index is 0.171. The minimum atomic E-state index is -0.365. The summed E-state index contributed by atoms with van der Waals surface area (Å²) in [5, 5.41) is 2.57. The molecule has 1 amide bonds. The Hall–Kier alpha value is -0.860. The van der Waals surface area contributed by atoms with E-state index in [0.717, 1.165) is 25.7 Å². The highest BCUT2D eigenvalue weighted by atomic mass is 16.2. The summed E-state index contributed by atoms with van der Waals surface area (Å²) in [6, 6.07) is 0.